The summed E-state index contributed by atoms with van der Waals surface area (Å²) in [6.07, 6.45) is 0. The van der Waals surface area contributed by atoms with Crippen molar-refractivity contribution in [3.63, 3.8) is 0 Å². The molecule has 0 saturated carbocycles. The Kier molecular flexibility index (Phi) is 16.9. The molecule has 0 spiro atoms. The van der Waals surface area contributed by atoms with E-state index < -0.39 is 67.3 Å². The summed E-state index contributed by atoms with van der Waals surface area (Å²) in [7, 11) is -3.34. The fraction of sp³-hybridized carbons (Fsp3) is 1.00. The summed E-state index contributed by atoms with van der Waals surface area (Å²) in [4.78, 5) is 0. The summed E-state index contributed by atoms with van der Waals surface area (Å²) < 4.78 is 39.4. The van der Waals surface area contributed by atoms with Crippen LogP contribution in [0, 0.1) is 0 Å². The van der Waals surface area contributed by atoms with Gasteiger partial charge in [-0.25, -0.2) is 0 Å². The van der Waals surface area contributed by atoms with Crippen LogP contribution in [-0.2, 0) is 18.1 Å². The van der Waals surface area contributed by atoms with Gasteiger partial charge < -0.3 is 0 Å². The first-order valence-electron chi connectivity index (χ1n) is 8.24. The van der Waals surface area contributed by atoms with Crippen LogP contribution in [0.25, 0.3) is 0 Å². The zero-order valence-electron chi connectivity index (χ0n) is 15.6. The number of hydrogen-bond donors (Lipinski definition) is 0. The van der Waals surface area contributed by atoms with E-state index in [2.05, 4.69) is 41.5 Å². The number of alkyl halides is 9. The van der Waals surface area contributed by atoms with Crippen LogP contribution in [-0.4, -0.2) is 40.4 Å². The monoisotopic (exact) mass is 692 g/mol. The van der Waals surface area contributed by atoms with Crippen LogP contribution < -0.4 is 0 Å². The molecular weight excluding hydrogens is 656 g/mol. The maximum atomic E-state index is 13.0. The maximum absolute atomic E-state index is 13.0. The number of hydrogen-bond acceptors (Lipinski definition) is 4. The topological polar surface area (TPSA) is 44.8 Å². The fourth-order valence-corrected chi connectivity index (χ4v) is 15.0. The summed E-state index contributed by atoms with van der Waals surface area (Å²) in [5.74, 6) is 0. The SMILES string of the molecule is CCI(CC)COP(=O)(OCI(CC)CC)OCI(CC)CC. The van der Waals surface area contributed by atoms with Gasteiger partial charge in [0.05, 0.1) is 0 Å². The van der Waals surface area contributed by atoms with Gasteiger partial charge in [-0.3, -0.25) is 0 Å². The minimum atomic E-state index is -3.34. The van der Waals surface area contributed by atoms with Crippen molar-refractivity contribution in [1.29, 1.82) is 0 Å². The molecule has 0 atom stereocenters. The van der Waals surface area contributed by atoms with E-state index >= 15 is 0 Å². The van der Waals surface area contributed by atoms with E-state index in [1.54, 1.807) is 0 Å². The third-order valence-electron chi connectivity index (χ3n) is 3.35. The summed E-state index contributed by atoms with van der Waals surface area (Å²) in [6.45, 7) is 13.3. The molecule has 0 aromatic carbocycles. The van der Waals surface area contributed by atoms with Crippen molar-refractivity contribution < 1.29 is 18.1 Å². The molecule has 0 aliphatic heterocycles. The molecule has 0 aliphatic rings. The molecule has 0 aromatic rings. The third-order valence-corrected chi connectivity index (χ3v) is 22.7. The number of rotatable bonds is 15. The molecule has 0 saturated heterocycles. The molecule has 146 valence electrons. The van der Waals surface area contributed by atoms with E-state index in [1.807, 2.05) is 0 Å². The van der Waals surface area contributed by atoms with Gasteiger partial charge >= 0.3 is 167 Å². The molecular formula is C15H36I3O4P. The van der Waals surface area contributed by atoms with Gasteiger partial charge in [0.25, 0.3) is 0 Å². The van der Waals surface area contributed by atoms with E-state index in [4.69, 9.17) is 13.6 Å². The van der Waals surface area contributed by atoms with Gasteiger partial charge in [0, 0.05) is 0 Å². The van der Waals surface area contributed by atoms with Crippen molar-refractivity contribution in [2.24, 2.45) is 0 Å². The first-order chi connectivity index (χ1) is 11.0. The Balaban J connectivity index is 4.70. The second-order valence-corrected chi connectivity index (χ2v) is 26.9. The number of halogens is 3. The number of phosphoric acid groups is 1. The average Bonchev–Trinajstić information content (AvgIpc) is 2.57. The molecule has 0 bridgehead atoms. The van der Waals surface area contributed by atoms with Crippen molar-refractivity contribution >= 4 is 67.3 Å². The van der Waals surface area contributed by atoms with Crippen LogP contribution in [0.2, 0.25) is 0 Å². The van der Waals surface area contributed by atoms with Crippen molar-refractivity contribution in [2.75, 3.05) is 40.4 Å². The van der Waals surface area contributed by atoms with Gasteiger partial charge in [0.15, 0.2) is 0 Å². The first-order valence-corrected chi connectivity index (χ1v) is 23.4. The van der Waals surface area contributed by atoms with Crippen LogP contribution in [0.4, 0.5) is 0 Å². The summed E-state index contributed by atoms with van der Waals surface area (Å²) >= 11 is -3.38. The second-order valence-electron chi connectivity index (χ2n) is 4.47. The number of phosphoric ester groups is 1. The molecule has 0 N–H and O–H groups in total. The molecule has 8 heteroatoms. The van der Waals surface area contributed by atoms with E-state index in [1.165, 1.54) is 26.6 Å². The Labute approximate surface area is 165 Å². The Morgan fingerprint density at radius 2 is 0.783 bits per heavy atom. The van der Waals surface area contributed by atoms with Gasteiger partial charge in [-0.15, -0.1) is 0 Å². The molecule has 0 unspecified atom stereocenters. The predicted octanol–water partition coefficient (Wildman–Crippen LogP) is 6.66. The van der Waals surface area contributed by atoms with E-state index in [9.17, 15) is 4.57 Å². The van der Waals surface area contributed by atoms with Gasteiger partial charge in [-0.2, -0.15) is 0 Å². The normalized spacial score (nSPS) is 13.9. The van der Waals surface area contributed by atoms with Gasteiger partial charge in [-0.05, 0) is 0 Å². The average molecular weight is 692 g/mol. The Morgan fingerprint density at radius 1 is 0.565 bits per heavy atom. The molecule has 0 aromatic heterocycles. The standard InChI is InChI=1S/C15H36I3O4P/c1-7-16(8-2)13-20-23(19,21-14-17(9-3)10-4)22-15-18(11-5)12-6/h7-15H2,1-6H3. The molecule has 0 radical (unpaired) electrons. The van der Waals surface area contributed by atoms with Crippen molar-refractivity contribution in [3.05, 3.63) is 0 Å². The summed E-state index contributed by atoms with van der Waals surface area (Å²) in [6, 6.07) is 0. The minimum absolute atomic E-state index is 0.632. The van der Waals surface area contributed by atoms with E-state index in [0.717, 1.165) is 0 Å². The summed E-state index contributed by atoms with van der Waals surface area (Å²) in [5.41, 5.74) is 0. The first kappa shape index (κ1) is 25.3. The van der Waals surface area contributed by atoms with Crippen LogP contribution in [0.5, 0.6) is 0 Å². The molecule has 23 heavy (non-hydrogen) atoms. The zero-order chi connectivity index (χ0) is 17.7. The quantitative estimate of drug-likeness (QED) is 0.110. The molecule has 0 aliphatic carbocycles. The van der Waals surface area contributed by atoms with E-state index in [-0.39, 0.29) is 0 Å². The zero-order valence-corrected chi connectivity index (χ0v) is 22.9. The third kappa shape index (κ3) is 11.6. The molecule has 0 rings (SSSR count). The van der Waals surface area contributed by atoms with Crippen LogP contribution in [0.3, 0.4) is 0 Å². The molecule has 0 heterocycles. The molecule has 4 nitrogen and oxygen atoms in total. The van der Waals surface area contributed by atoms with Crippen LogP contribution in [0.15, 0.2) is 0 Å². The van der Waals surface area contributed by atoms with Crippen molar-refractivity contribution in [2.45, 2.75) is 41.5 Å². The Hall–Kier alpha value is 2.30. The fourth-order valence-electron chi connectivity index (χ4n) is 1.53. The van der Waals surface area contributed by atoms with Gasteiger partial charge in [-0.1, -0.05) is 0 Å². The van der Waals surface area contributed by atoms with E-state index in [0.29, 0.717) is 13.8 Å². The van der Waals surface area contributed by atoms with Gasteiger partial charge in [0.1, 0.15) is 0 Å². The van der Waals surface area contributed by atoms with Crippen LogP contribution >= 0.6 is 67.3 Å². The Morgan fingerprint density at radius 3 is 0.957 bits per heavy atom. The van der Waals surface area contributed by atoms with Gasteiger partial charge in [0.2, 0.25) is 0 Å². The Bertz CT molecular complexity index is 274. The second kappa shape index (κ2) is 15.4. The predicted molar refractivity (Wildman–Crippen MR) is 131 cm³/mol. The molecule has 0 amide bonds. The van der Waals surface area contributed by atoms with Crippen LogP contribution in [0.1, 0.15) is 41.5 Å². The molecule has 0 fully saturated rings. The summed E-state index contributed by atoms with van der Waals surface area (Å²) in [5, 5.41) is 0. The van der Waals surface area contributed by atoms with Crippen molar-refractivity contribution in [3.8, 4) is 0 Å². The van der Waals surface area contributed by atoms with Crippen molar-refractivity contribution in [1.82, 2.24) is 0 Å².